The predicted octanol–water partition coefficient (Wildman–Crippen LogP) is 7.90. The van der Waals surface area contributed by atoms with Gasteiger partial charge in [0.1, 0.15) is 5.75 Å². The van der Waals surface area contributed by atoms with E-state index in [9.17, 15) is 9.90 Å². The van der Waals surface area contributed by atoms with Gasteiger partial charge >= 0.3 is 5.97 Å². The number of rotatable bonds is 14. The van der Waals surface area contributed by atoms with Crippen molar-refractivity contribution in [2.24, 2.45) is 0 Å². The van der Waals surface area contributed by atoms with E-state index in [2.05, 4.69) is 54.8 Å². The SMILES string of the molecule is CCCCCCc1ccc(CCn2c(C)ccc2-c2ccc(O[C@H](Cc3ccccc3)C(=O)O)cc2)cc1. The number of unbranched alkanes of at least 4 members (excludes halogenated alkanes) is 3. The monoisotopic (exact) mass is 509 g/mol. The first kappa shape index (κ1) is 27.3. The van der Waals surface area contributed by atoms with Crippen molar-refractivity contribution in [2.45, 2.75) is 71.4 Å². The minimum Gasteiger partial charge on any atom is -0.478 e. The van der Waals surface area contributed by atoms with Crippen molar-refractivity contribution < 1.29 is 14.6 Å². The summed E-state index contributed by atoms with van der Waals surface area (Å²) in [6.45, 7) is 5.29. The zero-order valence-electron chi connectivity index (χ0n) is 22.6. The first-order valence-corrected chi connectivity index (χ1v) is 13.8. The van der Waals surface area contributed by atoms with E-state index in [1.807, 2.05) is 54.6 Å². The van der Waals surface area contributed by atoms with Gasteiger partial charge in [-0.25, -0.2) is 4.79 Å². The molecule has 0 spiro atoms. The first-order chi connectivity index (χ1) is 18.5. The minimum atomic E-state index is -0.966. The average molecular weight is 510 g/mol. The topological polar surface area (TPSA) is 51.5 Å². The molecule has 0 aliphatic carbocycles. The van der Waals surface area contributed by atoms with E-state index in [0.29, 0.717) is 12.2 Å². The molecule has 0 radical (unpaired) electrons. The smallest absolute Gasteiger partial charge is 0.345 e. The van der Waals surface area contributed by atoms with Crippen LogP contribution in [0.2, 0.25) is 0 Å². The number of carboxylic acids is 1. The van der Waals surface area contributed by atoms with Crippen molar-refractivity contribution in [3.63, 3.8) is 0 Å². The van der Waals surface area contributed by atoms with Crippen molar-refractivity contribution >= 4 is 5.97 Å². The first-order valence-electron chi connectivity index (χ1n) is 13.8. The summed E-state index contributed by atoms with van der Waals surface area (Å²) in [5, 5.41) is 9.67. The fourth-order valence-electron chi connectivity index (χ4n) is 4.86. The fourth-order valence-corrected chi connectivity index (χ4v) is 4.86. The van der Waals surface area contributed by atoms with Gasteiger partial charge < -0.3 is 14.4 Å². The lowest BCUT2D eigenvalue weighted by Crippen LogP contribution is -2.29. The molecule has 1 aromatic heterocycles. The quantitative estimate of drug-likeness (QED) is 0.176. The van der Waals surface area contributed by atoms with Crippen LogP contribution in [0.1, 0.15) is 55.0 Å². The zero-order chi connectivity index (χ0) is 26.7. The molecule has 0 aliphatic heterocycles. The Morgan fingerprint density at radius 1 is 0.789 bits per heavy atom. The van der Waals surface area contributed by atoms with Gasteiger partial charge in [-0.1, -0.05) is 80.8 Å². The Balaban J connectivity index is 1.38. The standard InChI is InChI=1S/C34H39NO3/c1-3-4-5-7-10-27-14-16-28(17-15-27)23-24-35-26(2)13-22-32(35)30-18-20-31(21-19-30)38-33(34(36)37)25-29-11-8-6-9-12-29/h6,8-9,11-22,33H,3-5,7,10,23-25H2,1-2H3,(H,36,37)/t33-/m1/s1. The van der Waals surface area contributed by atoms with Gasteiger partial charge in [-0.05, 0) is 84.8 Å². The lowest BCUT2D eigenvalue weighted by Gasteiger charge is -2.16. The second kappa shape index (κ2) is 13.7. The van der Waals surface area contributed by atoms with Crippen LogP contribution in [0.5, 0.6) is 5.75 Å². The molecule has 1 heterocycles. The molecule has 4 heteroatoms. The third kappa shape index (κ3) is 7.61. The van der Waals surface area contributed by atoms with E-state index in [1.165, 1.54) is 48.9 Å². The molecule has 0 bridgehead atoms. The number of ether oxygens (including phenoxy) is 1. The van der Waals surface area contributed by atoms with Gasteiger partial charge in [0.2, 0.25) is 0 Å². The highest BCUT2D eigenvalue weighted by Crippen LogP contribution is 2.26. The summed E-state index contributed by atoms with van der Waals surface area (Å²) in [7, 11) is 0. The van der Waals surface area contributed by atoms with Crippen LogP contribution in [-0.2, 0) is 30.6 Å². The number of carbonyl (C=O) groups is 1. The third-order valence-corrected chi connectivity index (χ3v) is 7.13. The van der Waals surface area contributed by atoms with E-state index in [1.54, 1.807) is 0 Å². The number of nitrogens with zero attached hydrogens (tertiary/aromatic N) is 1. The normalized spacial score (nSPS) is 11.8. The second-order valence-electron chi connectivity index (χ2n) is 10.0. The van der Waals surface area contributed by atoms with Crippen LogP contribution in [0, 0.1) is 6.92 Å². The highest BCUT2D eigenvalue weighted by molar-refractivity contribution is 5.73. The molecule has 0 amide bonds. The van der Waals surface area contributed by atoms with Crippen LogP contribution >= 0.6 is 0 Å². The summed E-state index contributed by atoms with van der Waals surface area (Å²) >= 11 is 0. The number of aliphatic carboxylic acids is 1. The summed E-state index contributed by atoms with van der Waals surface area (Å²) in [5.74, 6) is -0.409. The zero-order valence-corrected chi connectivity index (χ0v) is 22.6. The number of hydrogen-bond acceptors (Lipinski definition) is 2. The number of aromatic nitrogens is 1. The molecule has 1 atom stereocenters. The maximum Gasteiger partial charge on any atom is 0.345 e. The molecule has 0 saturated heterocycles. The van der Waals surface area contributed by atoms with E-state index in [0.717, 1.165) is 29.8 Å². The van der Waals surface area contributed by atoms with Crippen molar-refractivity contribution in [2.75, 3.05) is 0 Å². The highest BCUT2D eigenvalue weighted by atomic mass is 16.5. The molecular weight excluding hydrogens is 470 g/mol. The van der Waals surface area contributed by atoms with Crippen LogP contribution in [0.3, 0.4) is 0 Å². The van der Waals surface area contributed by atoms with E-state index >= 15 is 0 Å². The Bertz CT molecular complexity index is 1270. The van der Waals surface area contributed by atoms with Gasteiger partial charge in [0, 0.05) is 24.4 Å². The average Bonchev–Trinajstić information content (AvgIpc) is 3.31. The van der Waals surface area contributed by atoms with Gasteiger partial charge in [-0.15, -0.1) is 0 Å². The Labute approximate surface area is 226 Å². The number of carboxylic acid groups (broad SMARTS) is 1. The summed E-state index contributed by atoms with van der Waals surface area (Å²) in [4.78, 5) is 11.8. The molecule has 4 aromatic rings. The highest BCUT2D eigenvalue weighted by Gasteiger charge is 2.20. The lowest BCUT2D eigenvalue weighted by atomic mass is 10.0. The van der Waals surface area contributed by atoms with Gasteiger partial charge in [0.05, 0.1) is 0 Å². The summed E-state index contributed by atoms with van der Waals surface area (Å²) in [6.07, 6.45) is 6.71. The van der Waals surface area contributed by atoms with Crippen LogP contribution in [0.4, 0.5) is 0 Å². The van der Waals surface area contributed by atoms with E-state index in [4.69, 9.17) is 4.74 Å². The van der Waals surface area contributed by atoms with Crippen molar-refractivity contribution in [3.8, 4) is 17.0 Å². The number of hydrogen-bond donors (Lipinski definition) is 1. The molecule has 0 saturated carbocycles. The molecule has 0 aliphatic rings. The summed E-state index contributed by atoms with van der Waals surface area (Å²) < 4.78 is 8.20. The minimum absolute atomic E-state index is 0.319. The second-order valence-corrected chi connectivity index (χ2v) is 10.0. The lowest BCUT2D eigenvalue weighted by molar-refractivity contribution is -0.145. The summed E-state index contributed by atoms with van der Waals surface area (Å²) in [6, 6.07) is 30.7. The Kier molecular flexibility index (Phi) is 9.80. The molecule has 4 nitrogen and oxygen atoms in total. The van der Waals surface area contributed by atoms with Gasteiger partial charge in [0.25, 0.3) is 0 Å². The van der Waals surface area contributed by atoms with E-state index in [-0.39, 0.29) is 0 Å². The predicted molar refractivity (Wildman–Crippen MR) is 155 cm³/mol. The molecule has 1 N–H and O–H groups in total. The van der Waals surface area contributed by atoms with Crippen LogP contribution in [0.25, 0.3) is 11.3 Å². The molecule has 198 valence electrons. The maximum atomic E-state index is 11.8. The molecule has 0 fully saturated rings. The Morgan fingerprint density at radius 3 is 2.13 bits per heavy atom. The van der Waals surface area contributed by atoms with Crippen LogP contribution in [-0.4, -0.2) is 21.7 Å². The largest absolute Gasteiger partial charge is 0.478 e. The van der Waals surface area contributed by atoms with Crippen molar-refractivity contribution in [1.82, 2.24) is 4.57 Å². The number of benzene rings is 3. The van der Waals surface area contributed by atoms with Gasteiger partial charge in [0.15, 0.2) is 6.10 Å². The van der Waals surface area contributed by atoms with Gasteiger partial charge in [-0.2, -0.15) is 0 Å². The molecule has 4 rings (SSSR count). The maximum absolute atomic E-state index is 11.8. The summed E-state index contributed by atoms with van der Waals surface area (Å²) in [5.41, 5.74) is 7.18. The third-order valence-electron chi connectivity index (χ3n) is 7.13. The van der Waals surface area contributed by atoms with Crippen molar-refractivity contribution in [1.29, 1.82) is 0 Å². The molecular formula is C34H39NO3. The molecule has 38 heavy (non-hydrogen) atoms. The van der Waals surface area contributed by atoms with Crippen LogP contribution in [0.15, 0.2) is 91.0 Å². The van der Waals surface area contributed by atoms with Crippen molar-refractivity contribution in [3.05, 3.63) is 113 Å². The molecule has 3 aromatic carbocycles. The Hall–Kier alpha value is -3.79. The van der Waals surface area contributed by atoms with Gasteiger partial charge in [-0.3, -0.25) is 0 Å². The van der Waals surface area contributed by atoms with E-state index < -0.39 is 12.1 Å². The van der Waals surface area contributed by atoms with Crippen LogP contribution < -0.4 is 4.74 Å². The Morgan fingerprint density at radius 2 is 1.47 bits per heavy atom. The fraction of sp³-hybridized carbons (Fsp3) is 0.324. The number of aryl methyl sites for hydroxylation is 3. The molecule has 0 unspecified atom stereocenters.